The first-order valence-electron chi connectivity index (χ1n) is 7.42. The van der Waals surface area contributed by atoms with Crippen molar-refractivity contribution in [1.82, 2.24) is 9.80 Å². The maximum atomic E-state index is 12.5. The van der Waals surface area contributed by atoms with Crippen LogP contribution in [-0.2, 0) is 11.3 Å². The molecule has 5 heteroatoms. The second-order valence-electron chi connectivity index (χ2n) is 5.38. The van der Waals surface area contributed by atoms with Crippen LogP contribution in [0.4, 0.5) is 4.79 Å². The summed E-state index contributed by atoms with van der Waals surface area (Å²) in [6.45, 7) is 4.26. The third-order valence-electron chi connectivity index (χ3n) is 3.98. The first kappa shape index (κ1) is 15.4. The molecule has 0 unspecified atom stereocenters. The Bertz CT molecular complexity index is 482. The van der Waals surface area contributed by atoms with Gasteiger partial charge in [-0.15, -0.1) is 0 Å². The number of urea groups is 1. The Morgan fingerprint density at radius 2 is 1.86 bits per heavy atom. The molecule has 1 aliphatic rings. The van der Waals surface area contributed by atoms with E-state index in [1.54, 1.807) is 9.80 Å². The second kappa shape index (κ2) is 7.11. The average molecular weight is 290 g/mol. The van der Waals surface area contributed by atoms with E-state index >= 15 is 0 Å². The molecule has 21 heavy (non-hydrogen) atoms. The Hall–Kier alpha value is -2.04. The molecule has 0 aromatic heterocycles. The van der Waals surface area contributed by atoms with Gasteiger partial charge in [0.25, 0.3) is 0 Å². The molecule has 0 spiro atoms. The van der Waals surface area contributed by atoms with E-state index in [-0.39, 0.29) is 11.9 Å². The smallest absolute Gasteiger partial charge is 0.320 e. The van der Waals surface area contributed by atoms with Crippen molar-refractivity contribution < 1.29 is 14.7 Å². The fourth-order valence-corrected chi connectivity index (χ4v) is 2.64. The summed E-state index contributed by atoms with van der Waals surface area (Å²) < 4.78 is 0. The quantitative estimate of drug-likeness (QED) is 0.926. The first-order valence-corrected chi connectivity index (χ1v) is 7.42. The molecule has 1 aromatic rings. The fraction of sp³-hybridized carbons (Fsp3) is 0.500. The number of amides is 2. The van der Waals surface area contributed by atoms with E-state index < -0.39 is 5.97 Å². The van der Waals surface area contributed by atoms with E-state index in [0.29, 0.717) is 39.0 Å². The number of hydrogen-bond donors (Lipinski definition) is 1. The summed E-state index contributed by atoms with van der Waals surface area (Å²) in [4.78, 5) is 27.0. The highest BCUT2D eigenvalue weighted by molar-refractivity contribution is 5.75. The molecule has 0 atom stereocenters. The molecule has 5 nitrogen and oxygen atoms in total. The zero-order valence-corrected chi connectivity index (χ0v) is 12.4. The van der Waals surface area contributed by atoms with Gasteiger partial charge < -0.3 is 14.9 Å². The topological polar surface area (TPSA) is 60.9 Å². The predicted molar refractivity (Wildman–Crippen MR) is 79.9 cm³/mol. The molecule has 2 rings (SSSR count). The Labute approximate surface area is 125 Å². The van der Waals surface area contributed by atoms with E-state index in [0.717, 1.165) is 5.56 Å². The molecule has 2 amide bonds. The van der Waals surface area contributed by atoms with Crippen LogP contribution in [0.25, 0.3) is 0 Å². The minimum Gasteiger partial charge on any atom is -0.481 e. The van der Waals surface area contributed by atoms with Gasteiger partial charge in [0.15, 0.2) is 0 Å². The lowest BCUT2D eigenvalue weighted by atomic mass is 9.97. The van der Waals surface area contributed by atoms with Crippen LogP contribution in [0.15, 0.2) is 30.3 Å². The third kappa shape index (κ3) is 3.97. The average Bonchev–Trinajstić information content (AvgIpc) is 2.53. The highest BCUT2D eigenvalue weighted by Gasteiger charge is 2.28. The van der Waals surface area contributed by atoms with Crippen LogP contribution in [0.5, 0.6) is 0 Å². The Morgan fingerprint density at radius 3 is 2.38 bits per heavy atom. The second-order valence-corrected chi connectivity index (χ2v) is 5.38. The highest BCUT2D eigenvalue weighted by atomic mass is 16.4. The van der Waals surface area contributed by atoms with Crippen LogP contribution in [0.3, 0.4) is 0 Å². The standard InChI is InChI=1S/C16H22N2O3/c1-2-17(12-13-6-4-3-5-7-13)16(21)18-10-8-14(9-11-18)15(19)20/h3-7,14H,2,8-12H2,1H3,(H,19,20). The molecule has 1 heterocycles. The van der Waals surface area contributed by atoms with Gasteiger partial charge in [0, 0.05) is 26.2 Å². The van der Waals surface area contributed by atoms with E-state index in [2.05, 4.69) is 0 Å². The van der Waals surface area contributed by atoms with Crippen molar-refractivity contribution in [3.8, 4) is 0 Å². The predicted octanol–water partition coefficient (Wildman–Crippen LogP) is 2.43. The van der Waals surface area contributed by atoms with E-state index in [1.807, 2.05) is 37.3 Å². The summed E-state index contributed by atoms with van der Waals surface area (Å²) in [7, 11) is 0. The first-order chi connectivity index (χ1) is 10.1. The maximum absolute atomic E-state index is 12.5. The van der Waals surface area contributed by atoms with Crippen molar-refractivity contribution in [2.24, 2.45) is 5.92 Å². The summed E-state index contributed by atoms with van der Waals surface area (Å²) in [6, 6.07) is 9.90. The Morgan fingerprint density at radius 1 is 1.24 bits per heavy atom. The van der Waals surface area contributed by atoms with Gasteiger partial charge >= 0.3 is 12.0 Å². The van der Waals surface area contributed by atoms with Gasteiger partial charge in [0.05, 0.1) is 5.92 Å². The number of carbonyl (C=O) groups is 2. The normalized spacial score (nSPS) is 15.8. The lowest BCUT2D eigenvalue weighted by Crippen LogP contribution is -2.47. The van der Waals surface area contributed by atoms with Gasteiger partial charge in [-0.1, -0.05) is 30.3 Å². The van der Waals surface area contributed by atoms with Crippen molar-refractivity contribution in [1.29, 1.82) is 0 Å². The minimum absolute atomic E-state index is 0.00481. The van der Waals surface area contributed by atoms with Crippen LogP contribution in [-0.4, -0.2) is 46.5 Å². The Kier molecular flexibility index (Phi) is 5.20. The molecule has 1 N–H and O–H groups in total. The number of carboxylic acids is 1. The van der Waals surface area contributed by atoms with Crippen LogP contribution >= 0.6 is 0 Å². The number of benzene rings is 1. The molecule has 1 aromatic carbocycles. The molecule has 114 valence electrons. The van der Waals surface area contributed by atoms with Gasteiger partial charge in [-0.2, -0.15) is 0 Å². The number of rotatable bonds is 4. The molecule has 1 aliphatic heterocycles. The SMILES string of the molecule is CCN(Cc1ccccc1)C(=O)N1CCC(C(=O)O)CC1. The van der Waals surface area contributed by atoms with Crippen LogP contribution in [0.1, 0.15) is 25.3 Å². The molecule has 1 fully saturated rings. The minimum atomic E-state index is -0.751. The summed E-state index contributed by atoms with van der Waals surface area (Å²) in [5, 5.41) is 9.00. The zero-order chi connectivity index (χ0) is 15.2. The van der Waals surface area contributed by atoms with E-state index in [1.165, 1.54) is 0 Å². The van der Waals surface area contributed by atoms with Crippen LogP contribution in [0, 0.1) is 5.92 Å². The monoisotopic (exact) mass is 290 g/mol. The lowest BCUT2D eigenvalue weighted by molar-refractivity contribution is -0.143. The number of carbonyl (C=O) groups excluding carboxylic acids is 1. The lowest BCUT2D eigenvalue weighted by Gasteiger charge is -2.34. The van der Waals surface area contributed by atoms with Crippen LogP contribution < -0.4 is 0 Å². The third-order valence-corrected chi connectivity index (χ3v) is 3.98. The number of piperidine rings is 1. The summed E-state index contributed by atoms with van der Waals surface area (Å²) >= 11 is 0. The highest BCUT2D eigenvalue weighted by Crippen LogP contribution is 2.19. The van der Waals surface area contributed by atoms with Crippen molar-refractivity contribution >= 4 is 12.0 Å². The van der Waals surface area contributed by atoms with Gasteiger partial charge in [-0.3, -0.25) is 4.79 Å². The van der Waals surface area contributed by atoms with Gasteiger partial charge in [-0.05, 0) is 25.3 Å². The van der Waals surface area contributed by atoms with Crippen molar-refractivity contribution in [3.05, 3.63) is 35.9 Å². The largest absolute Gasteiger partial charge is 0.481 e. The van der Waals surface area contributed by atoms with Crippen molar-refractivity contribution in [3.63, 3.8) is 0 Å². The number of nitrogens with zero attached hydrogens (tertiary/aromatic N) is 2. The zero-order valence-electron chi connectivity index (χ0n) is 12.4. The molecular weight excluding hydrogens is 268 g/mol. The molecule has 1 saturated heterocycles. The fourth-order valence-electron chi connectivity index (χ4n) is 2.64. The summed E-state index contributed by atoms with van der Waals surface area (Å²) in [6.07, 6.45) is 1.09. The summed E-state index contributed by atoms with van der Waals surface area (Å²) in [5.41, 5.74) is 1.10. The number of hydrogen-bond acceptors (Lipinski definition) is 2. The maximum Gasteiger partial charge on any atom is 0.320 e. The molecule has 0 aliphatic carbocycles. The van der Waals surface area contributed by atoms with Crippen LogP contribution in [0.2, 0.25) is 0 Å². The molecule has 0 bridgehead atoms. The number of aliphatic carboxylic acids is 1. The van der Waals surface area contributed by atoms with Crippen molar-refractivity contribution in [2.75, 3.05) is 19.6 Å². The van der Waals surface area contributed by atoms with E-state index in [4.69, 9.17) is 5.11 Å². The number of carboxylic acid groups (broad SMARTS) is 1. The summed E-state index contributed by atoms with van der Waals surface area (Å²) in [5.74, 6) is -1.06. The van der Waals surface area contributed by atoms with E-state index in [9.17, 15) is 9.59 Å². The Balaban J connectivity index is 1.93. The molecule has 0 radical (unpaired) electrons. The molecular formula is C16H22N2O3. The van der Waals surface area contributed by atoms with Gasteiger partial charge in [0.1, 0.15) is 0 Å². The molecule has 0 saturated carbocycles. The van der Waals surface area contributed by atoms with Gasteiger partial charge in [0.2, 0.25) is 0 Å². The number of likely N-dealkylation sites (tertiary alicyclic amines) is 1. The van der Waals surface area contributed by atoms with Gasteiger partial charge in [-0.25, -0.2) is 4.79 Å². The van der Waals surface area contributed by atoms with Crippen molar-refractivity contribution in [2.45, 2.75) is 26.3 Å².